The van der Waals surface area contributed by atoms with Gasteiger partial charge in [0.2, 0.25) is 21.8 Å². The normalized spacial score (nSPS) is 21.7. The maximum absolute atomic E-state index is 12.1. The van der Waals surface area contributed by atoms with Crippen molar-refractivity contribution in [2.75, 3.05) is 22.5 Å². The van der Waals surface area contributed by atoms with E-state index in [0.717, 1.165) is 11.3 Å². The number of benzene rings is 1. The highest BCUT2D eigenvalue weighted by atomic mass is 32.2. The molecule has 7 nitrogen and oxygen atoms in total. The minimum atomic E-state index is -3.59. The van der Waals surface area contributed by atoms with Crippen LogP contribution in [0, 0.1) is 5.92 Å². The number of anilines is 2. The molecule has 3 rings (SSSR count). The van der Waals surface area contributed by atoms with Crippen molar-refractivity contribution in [2.45, 2.75) is 19.3 Å². The Morgan fingerprint density at radius 2 is 2.05 bits per heavy atom. The number of nitrogens with one attached hydrogen (secondary N) is 1. The Labute approximate surface area is 128 Å². The SMILES string of the molecule is NS(=O)(=O)CC1CC(=O)N(c2ccc3c(c2)NC(=O)CC3)C1. The molecule has 2 amide bonds. The Hall–Kier alpha value is -1.93. The van der Waals surface area contributed by atoms with Crippen LogP contribution in [0.1, 0.15) is 18.4 Å². The van der Waals surface area contributed by atoms with Crippen LogP contribution in [0.2, 0.25) is 0 Å². The van der Waals surface area contributed by atoms with Crippen molar-refractivity contribution in [3.63, 3.8) is 0 Å². The van der Waals surface area contributed by atoms with E-state index in [1.165, 1.54) is 0 Å². The first-order valence-electron chi connectivity index (χ1n) is 7.05. The van der Waals surface area contributed by atoms with Crippen molar-refractivity contribution >= 4 is 33.2 Å². The summed E-state index contributed by atoms with van der Waals surface area (Å²) in [5, 5.41) is 7.84. The van der Waals surface area contributed by atoms with Gasteiger partial charge in [-0.3, -0.25) is 9.59 Å². The van der Waals surface area contributed by atoms with Crippen molar-refractivity contribution in [2.24, 2.45) is 11.1 Å². The molecular weight excluding hydrogens is 306 g/mol. The molecule has 1 saturated heterocycles. The topological polar surface area (TPSA) is 110 Å². The van der Waals surface area contributed by atoms with Crippen LogP contribution in [0.3, 0.4) is 0 Å². The monoisotopic (exact) mass is 323 g/mol. The minimum absolute atomic E-state index is 0.0375. The van der Waals surface area contributed by atoms with E-state index in [1.807, 2.05) is 12.1 Å². The molecule has 0 saturated carbocycles. The first-order valence-corrected chi connectivity index (χ1v) is 8.77. The number of fused-ring (bicyclic) bond motifs is 1. The molecule has 8 heteroatoms. The number of primary sulfonamides is 1. The van der Waals surface area contributed by atoms with Crippen LogP contribution < -0.4 is 15.4 Å². The summed E-state index contributed by atoms with van der Waals surface area (Å²) in [7, 11) is -3.59. The summed E-state index contributed by atoms with van der Waals surface area (Å²) in [6, 6.07) is 5.49. The van der Waals surface area contributed by atoms with E-state index >= 15 is 0 Å². The molecule has 0 aromatic heterocycles. The third-order valence-electron chi connectivity index (χ3n) is 3.97. The summed E-state index contributed by atoms with van der Waals surface area (Å²) in [6.07, 6.45) is 1.31. The maximum atomic E-state index is 12.1. The lowest BCUT2D eigenvalue weighted by Gasteiger charge is -2.22. The van der Waals surface area contributed by atoms with Crippen LogP contribution in [0.5, 0.6) is 0 Å². The second-order valence-corrected chi connectivity index (χ2v) is 7.45. The van der Waals surface area contributed by atoms with Gasteiger partial charge in [0.25, 0.3) is 0 Å². The largest absolute Gasteiger partial charge is 0.326 e. The lowest BCUT2D eigenvalue weighted by atomic mass is 10.0. The van der Waals surface area contributed by atoms with Gasteiger partial charge in [0.1, 0.15) is 0 Å². The molecule has 1 unspecified atom stereocenters. The Bertz CT molecular complexity index is 744. The predicted octanol–water partition coefficient (Wildman–Crippen LogP) is 0.213. The Kier molecular flexibility index (Phi) is 3.65. The lowest BCUT2D eigenvalue weighted by molar-refractivity contribution is -0.117. The van der Waals surface area contributed by atoms with Gasteiger partial charge in [-0.2, -0.15) is 0 Å². The third-order valence-corrected chi connectivity index (χ3v) is 4.91. The summed E-state index contributed by atoms with van der Waals surface area (Å²) in [5.74, 6) is -0.662. The lowest BCUT2D eigenvalue weighted by Crippen LogP contribution is -2.28. The zero-order valence-electron chi connectivity index (χ0n) is 11.9. The van der Waals surface area contributed by atoms with Crippen molar-refractivity contribution in [3.8, 4) is 0 Å². The molecule has 0 radical (unpaired) electrons. The molecule has 2 heterocycles. The predicted molar refractivity (Wildman–Crippen MR) is 81.8 cm³/mol. The highest BCUT2D eigenvalue weighted by molar-refractivity contribution is 7.89. The van der Waals surface area contributed by atoms with Gasteiger partial charge in [0.05, 0.1) is 5.75 Å². The van der Waals surface area contributed by atoms with Gasteiger partial charge >= 0.3 is 0 Å². The van der Waals surface area contributed by atoms with E-state index < -0.39 is 10.0 Å². The number of nitrogens with zero attached hydrogens (tertiary/aromatic N) is 1. The molecule has 1 atom stereocenters. The van der Waals surface area contributed by atoms with Crippen molar-refractivity contribution in [1.82, 2.24) is 0 Å². The molecule has 1 aromatic carbocycles. The van der Waals surface area contributed by atoms with Gasteiger partial charge in [0, 0.05) is 36.7 Å². The molecule has 0 aliphatic carbocycles. The highest BCUT2D eigenvalue weighted by Gasteiger charge is 2.33. The Morgan fingerprint density at radius 1 is 1.27 bits per heavy atom. The summed E-state index contributed by atoms with van der Waals surface area (Å²) in [5.41, 5.74) is 2.43. The number of sulfonamides is 1. The standard InChI is InChI=1S/C14H17N3O4S/c15-22(20,21)8-9-5-14(19)17(7-9)11-3-1-10-2-4-13(18)16-12(10)6-11/h1,3,6,9H,2,4-5,7-8H2,(H,16,18)(H2,15,20,21). The summed E-state index contributed by atoms with van der Waals surface area (Å²) < 4.78 is 22.3. The average Bonchev–Trinajstić information content (AvgIpc) is 2.76. The van der Waals surface area contributed by atoms with Crippen LogP contribution in [-0.4, -0.2) is 32.5 Å². The molecule has 0 bridgehead atoms. The second-order valence-electron chi connectivity index (χ2n) is 5.79. The number of carbonyl (C=O) groups is 2. The number of rotatable bonds is 3. The smallest absolute Gasteiger partial charge is 0.227 e. The van der Waals surface area contributed by atoms with Gasteiger partial charge in [-0.05, 0) is 24.1 Å². The summed E-state index contributed by atoms with van der Waals surface area (Å²) in [4.78, 5) is 25.1. The van der Waals surface area contributed by atoms with Gasteiger partial charge in [-0.1, -0.05) is 6.07 Å². The Balaban J connectivity index is 1.81. The Morgan fingerprint density at radius 3 is 2.77 bits per heavy atom. The number of hydrogen-bond donors (Lipinski definition) is 2. The molecule has 3 N–H and O–H groups in total. The fourth-order valence-corrected chi connectivity index (χ4v) is 3.88. The molecule has 118 valence electrons. The highest BCUT2D eigenvalue weighted by Crippen LogP contribution is 2.31. The van der Waals surface area contributed by atoms with E-state index in [-0.39, 0.29) is 29.9 Å². The fourth-order valence-electron chi connectivity index (χ4n) is 3.00. The van der Waals surface area contributed by atoms with Gasteiger partial charge in [-0.25, -0.2) is 13.6 Å². The number of nitrogens with two attached hydrogens (primary N) is 1. The average molecular weight is 323 g/mol. The maximum Gasteiger partial charge on any atom is 0.227 e. The molecule has 2 aliphatic rings. The zero-order chi connectivity index (χ0) is 15.9. The molecule has 22 heavy (non-hydrogen) atoms. The summed E-state index contributed by atoms with van der Waals surface area (Å²) >= 11 is 0. The van der Waals surface area contributed by atoms with Gasteiger partial charge in [0.15, 0.2) is 0 Å². The van der Waals surface area contributed by atoms with Gasteiger partial charge in [-0.15, -0.1) is 0 Å². The third kappa shape index (κ3) is 3.12. The van der Waals surface area contributed by atoms with E-state index in [2.05, 4.69) is 5.32 Å². The van der Waals surface area contributed by atoms with Crippen LogP contribution in [0.15, 0.2) is 18.2 Å². The van der Waals surface area contributed by atoms with E-state index in [9.17, 15) is 18.0 Å². The van der Waals surface area contributed by atoms with E-state index in [0.29, 0.717) is 25.1 Å². The zero-order valence-corrected chi connectivity index (χ0v) is 12.7. The minimum Gasteiger partial charge on any atom is -0.326 e. The van der Waals surface area contributed by atoms with Crippen LogP contribution in [0.4, 0.5) is 11.4 Å². The molecule has 2 aliphatic heterocycles. The quantitative estimate of drug-likeness (QED) is 0.828. The molecule has 1 fully saturated rings. The second kappa shape index (κ2) is 5.36. The summed E-state index contributed by atoms with van der Waals surface area (Å²) in [6.45, 7) is 0.321. The van der Waals surface area contributed by atoms with E-state index in [4.69, 9.17) is 5.14 Å². The molecule has 1 aromatic rings. The van der Waals surface area contributed by atoms with Crippen LogP contribution in [-0.2, 0) is 26.0 Å². The first-order chi connectivity index (χ1) is 10.3. The van der Waals surface area contributed by atoms with Crippen molar-refractivity contribution < 1.29 is 18.0 Å². The van der Waals surface area contributed by atoms with E-state index in [1.54, 1.807) is 11.0 Å². The van der Waals surface area contributed by atoms with Crippen LogP contribution >= 0.6 is 0 Å². The molecule has 0 spiro atoms. The van der Waals surface area contributed by atoms with Crippen molar-refractivity contribution in [3.05, 3.63) is 23.8 Å². The number of aryl methyl sites for hydroxylation is 1. The number of hydrogen-bond acceptors (Lipinski definition) is 4. The number of carbonyl (C=O) groups excluding carboxylic acids is 2. The van der Waals surface area contributed by atoms with Gasteiger partial charge < -0.3 is 10.2 Å². The van der Waals surface area contributed by atoms with Crippen LogP contribution in [0.25, 0.3) is 0 Å². The first kappa shape index (κ1) is 15.0. The fraction of sp³-hybridized carbons (Fsp3) is 0.429. The molecular formula is C14H17N3O4S. The van der Waals surface area contributed by atoms with Crippen molar-refractivity contribution in [1.29, 1.82) is 0 Å². The number of amides is 2.